The van der Waals surface area contributed by atoms with Gasteiger partial charge in [-0.3, -0.25) is 9.69 Å². The van der Waals surface area contributed by atoms with Gasteiger partial charge in [0.1, 0.15) is 0 Å². The number of benzene rings is 1. The second kappa shape index (κ2) is 6.94. The zero-order valence-corrected chi connectivity index (χ0v) is 16.6. The summed E-state index contributed by atoms with van der Waals surface area (Å²) in [5.41, 5.74) is 6.49. The lowest BCUT2D eigenvalue weighted by molar-refractivity contribution is -0.123. The van der Waals surface area contributed by atoms with Crippen LogP contribution < -0.4 is 5.73 Å². The Bertz CT molecular complexity index is 754. The second-order valence-corrected chi connectivity index (χ2v) is 10.4. The van der Waals surface area contributed by atoms with E-state index in [9.17, 15) is 13.2 Å². The van der Waals surface area contributed by atoms with E-state index in [1.54, 1.807) is 16.4 Å². The molecular formula is C19H29N3O3S. The van der Waals surface area contributed by atoms with Crippen molar-refractivity contribution in [3.05, 3.63) is 29.8 Å². The Hall–Kier alpha value is -1.44. The first-order chi connectivity index (χ1) is 12.1. The lowest BCUT2D eigenvalue weighted by Crippen LogP contribution is -2.62. The lowest BCUT2D eigenvalue weighted by atomic mass is 9.87. The van der Waals surface area contributed by atoms with E-state index in [2.05, 4.69) is 25.7 Å². The molecule has 2 heterocycles. The van der Waals surface area contributed by atoms with E-state index >= 15 is 0 Å². The third-order valence-electron chi connectivity index (χ3n) is 5.64. The molecule has 144 valence electrons. The molecule has 0 unspecified atom stereocenters. The molecule has 2 fully saturated rings. The van der Waals surface area contributed by atoms with Crippen LogP contribution in [0.4, 0.5) is 0 Å². The van der Waals surface area contributed by atoms with Crippen LogP contribution in [-0.2, 0) is 20.2 Å². The van der Waals surface area contributed by atoms with Crippen molar-refractivity contribution in [1.29, 1.82) is 0 Å². The van der Waals surface area contributed by atoms with Gasteiger partial charge in [0.05, 0.1) is 4.90 Å². The van der Waals surface area contributed by atoms with E-state index in [1.807, 2.05) is 12.1 Å². The Kier molecular flexibility index (Phi) is 5.16. The monoisotopic (exact) mass is 379 g/mol. The first kappa shape index (κ1) is 19.3. The van der Waals surface area contributed by atoms with Gasteiger partial charge in [-0.1, -0.05) is 32.9 Å². The largest absolute Gasteiger partial charge is 0.369 e. The van der Waals surface area contributed by atoms with Crippen LogP contribution in [0.3, 0.4) is 0 Å². The summed E-state index contributed by atoms with van der Waals surface area (Å²) in [6, 6.07) is 7.47. The summed E-state index contributed by atoms with van der Waals surface area (Å²) in [6.07, 6.45) is 1.54. The van der Waals surface area contributed by atoms with Crippen LogP contribution in [0.25, 0.3) is 0 Å². The van der Waals surface area contributed by atoms with Gasteiger partial charge in [0, 0.05) is 25.0 Å². The van der Waals surface area contributed by atoms with Crippen LogP contribution in [-0.4, -0.2) is 55.8 Å². The fraction of sp³-hybridized carbons (Fsp3) is 0.632. The number of likely N-dealkylation sites (tertiary alicyclic amines) is 1. The number of hydrogen-bond acceptors (Lipinski definition) is 4. The highest BCUT2D eigenvalue weighted by Crippen LogP contribution is 2.29. The van der Waals surface area contributed by atoms with Gasteiger partial charge in [-0.25, -0.2) is 8.42 Å². The predicted molar refractivity (Wildman–Crippen MR) is 101 cm³/mol. The number of amides is 1. The summed E-state index contributed by atoms with van der Waals surface area (Å²) in [6.45, 7) is 8.99. The maximum atomic E-state index is 12.8. The molecule has 2 N–H and O–H groups in total. The van der Waals surface area contributed by atoms with Gasteiger partial charge in [0.2, 0.25) is 15.9 Å². The lowest BCUT2D eigenvalue weighted by Gasteiger charge is -2.46. The molecule has 0 saturated carbocycles. The Morgan fingerprint density at radius 3 is 2.08 bits per heavy atom. The Balaban J connectivity index is 1.59. The van der Waals surface area contributed by atoms with Crippen LogP contribution in [0.1, 0.15) is 39.2 Å². The average Bonchev–Trinajstić information content (AvgIpc) is 2.53. The fourth-order valence-electron chi connectivity index (χ4n) is 3.67. The minimum atomic E-state index is -3.43. The molecule has 0 spiro atoms. The molecular weight excluding hydrogens is 350 g/mol. The van der Waals surface area contributed by atoms with Crippen molar-refractivity contribution >= 4 is 15.9 Å². The number of primary amides is 1. The number of rotatable bonds is 4. The van der Waals surface area contributed by atoms with Gasteiger partial charge in [0.25, 0.3) is 0 Å². The number of carbonyl (C=O) groups excluding carboxylic acids is 1. The van der Waals surface area contributed by atoms with Gasteiger partial charge in [-0.05, 0) is 49.0 Å². The smallest absolute Gasteiger partial charge is 0.243 e. The standard InChI is InChI=1S/C19H29N3O3S/c1-19(2,3)15-4-6-17(7-5-15)26(24,25)22-12-16(13-22)21-10-8-14(9-11-21)18(20)23/h4-7,14,16H,8-13H2,1-3H3,(H2,20,23). The van der Waals surface area contributed by atoms with E-state index in [0.29, 0.717) is 18.0 Å². The first-order valence-electron chi connectivity index (χ1n) is 9.23. The number of carbonyl (C=O) groups is 1. The van der Waals surface area contributed by atoms with Gasteiger partial charge in [-0.15, -0.1) is 0 Å². The minimum Gasteiger partial charge on any atom is -0.369 e. The van der Waals surface area contributed by atoms with Crippen molar-refractivity contribution in [2.75, 3.05) is 26.2 Å². The maximum Gasteiger partial charge on any atom is 0.243 e. The summed E-state index contributed by atoms with van der Waals surface area (Å²) < 4.78 is 27.1. The van der Waals surface area contributed by atoms with E-state index < -0.39 is 10.0 Å². The van der Waals surface area contributed by atoms with Crippen molar-refractivity contribution in [2.45, 2.75) is 50.0 Å². The van der Waals surface area contributed by atoms with Crippen LogP contribution in [0, 0.1) is 5.92 Å². The molecule has 7 heteroatoms. The molecule has 1 aromatic carbocycles. The predicted octanol–water partition coefficient (Wildman–Crippen LogP) is 1.55. The minimum absolute atomic E-state index is 0.00117. The molecule has 2 saturated heterocycles. The summed E-state index contributed by atoms with van der Waals surface area (Å²) in [4.78, 5) is 13.9. The second-order valence-electron chi connectivity index (χ2n) is 8.46. The van der Waals surface area contributed by atoms with Gasteiger partial charge >= 0.3 is 0 Å². The molecule has 0 aliphatic carbocycles. The summed E-state index contributed by atoms with van der Waals surface area (Å²) in [7, 11) is -3.43. The molecule has 0 atom stereocenters. The molecule has 0 radical (unpaired) electrons. The SMILES string of the molecule is CC(C)(C)c1ccc(S(=O)(=O)N2CC(N3CCC(C(N)=O)CC3)C2)cc1. The Morgan fingerprint density at radius 2 is 1.62 bits per heavy atom. The van der Waals surface area contributed by atoms with Gasteiger partial charge in [0.15, 0.2) is 0 Å². The molecule has 0 aromatic heterocycles. The van der Waals surface area contributed by atoms with E-state index in [-0.39, 0.29) is 23.3 Å². The maximum absolute atomic E-state index is 12.8. The molecule has 1 amide bonds. The van der Waals surface area contributed by atoms with Crippen LogP contribution >= 0.6 is 0 Å². The highest BCUT2D eigenvalue weighted by molar-refractivity contribution is 7.89. The van der Waals surface area contributed by atoms with E-state index in [0.717, 1.165) is 31.5 Å². The molecule has 3 rings (SSSR count). The zero-order chi connectivity index (χ0) is 19.1. The molecule has 1 aromatic rings. The molecule has 26 heavy (non-hydrogen) atoms. The van der Waals surface area contributed by atoms with Crippen molar-refractivity contribution < 1.29 is 13.2 Å². The normalized spacial score (nSPS) is 21.5. The number of nitrogens with two attached hydrogens (primary N) is 1. The Labute approximate surface area is 156 Å². The average molecular weight is 380 g/mol. The van der Waals surface area contributed by atoms with Crippen molar-refractivity contribution in [2.24, 2.45) is 11.7 Å². The van der Waals surface area contributed by atoms with Crippen molar-refractivity contribution in [3.8, 4) is 0 Å². The summed E-state index contributed by atoms with van der Waals surface area (Å²) in [5, 5.41) is 0. The number of piperidine rings is 1. The van der Waals surface area contributed by atoms with Crippen LogP contribution in [0.5, 0.6) is 0 Å². The Morgan fingerprint density at radius 1 is 1.08 bits per heavy atom. The van der Waals surface area contributed by atoms with Gasteiger partial charge < -0.3 is 5.73 Å². The topological polar surface area (TPSA) is 83.7 Å². The van der Waals surface area contributed by atoms with E-state index in [1.165, 1.54) is 0 Å². The third kappa shape index (κ3) is 3.80. The quantitative estimate of drug-likeness (QED) is 0.860. The van der Waals surface area contributed by atoms with Gasteiger partial charge in [-0.2, -0.15) is 4.31 Å². The van der Waals surface area contributed by atoms with Crippen LogP contribution in [0.2, 0.25) is 0 Å². The summed E-state index contributed by atoms with van der Waals surface area (Å²) >= 11 is 0. The zero-order valence-electron chi connectivity index (χ0n) is 15.8. The summed E-state index contributed by atoms with van der Waals surface area (Å²) in [5.74, 6) is -0.256. The highest BCUT2D eigenvalue weighted by atomic mass is 32.2. The highest BCUT2D eigenvalue weighted by Gasteiger charge is 2.40. The third-order valence-corrected chi connectivity index (χ3v) is 7.48. The molecule has 2 aliphatic heterocycles. The first-order valence-corrected chi connectivity index (χ1v) is 10.7. The van der Waals surface area contributed by atoms with Crippen molar-refractivity contribution in [1.82, 2.24) is 9.21 Å². The fourth-order valence-corrected chi connectivity index (χ4v) is 5.18. The molecule has 2 aliphatic rings. The number of nitrogens with zero attached hydrogens (tertiary/aromatic N) is 2. The van der Waals surface area contributed by atoms with E-state index in [4.69, 9.17) is 5.73 Å². The molecule has 0 bridgehead atoms. The van der Waals surface area contributed by atoms with Crippen LogP contribution in [0.15, 0.2) is 29.2 Å². The molecule has 6 nitrogen and oxygen atoms in total. The van der Waals surface area contributed by atoms with Crippen molar-refractivity contribution in [3.63, 3.8) is 0 Å². The number of sulfonamides is 1. The number of hydrogen-bond donors (Lipinski definition) is 1.